The highest BCUT2D eigenvalue weighted by Crippen LogP contribution is 2.21. The van der Waals surface area contributed by atoms with Crippen LogP contribution in [0.5, 0.6) is 0 Å². The lowest BCUT2D eigenvalue weighted by Crippen LogP contribution is -2.04. The van der Waals surface area contributed by atoms with Crippen LogP contribution in [0, 0.1) is 5.92 Å². The van der Waals surface area contributed by atoms with Gasteiger partial charge in [-0.15, -0.1) is 0 Å². The summed E-state index contributed by atoms with van der Waals surface area (Å²) in [7, 11) is 0. The molecule has 1 aromatic carbocycles. The summed E-state index contributed by atoms with van der Waals surface area (Å²) in [6, 6.07) is 10.2. The molecular weight excluding hydrogens is 172 g/mol. The van der Waals surface area contributed by atoms with E-state index in [1.165, 1.54) is 5.56 Å². The lowest BCUT2D eigenvalue weighted by molar-refractivity contribution is 0.225. The molecule has 1 nitrogen and oxygen atoms in total. The van der Waals surface area contributed by atoms with Gasteiger partial charge in [-0.25, -0.2) is 0 Å². The summed E-state index contributed by atoms with van der Waals surface area (Å²) in [6.45, 7) is 6.40. The Hall–Kier alpha value is -1.08. The number of allylic oxidation sites excluding steroid dienone is 1. The first-order valence-electron chi connectivity index (χ1n) is 5.12. The van der Waals surface area contributed by atoms with Gasteiger partial charge in [0.15, 0.2) is 0 Å². The second kappa shape index (κ2) is 5.61. The van der Waals surface area contributed by atoms with Crippen LogP contribution < -0.4 is 0 Å². The molecule has 0 aliphatic heterocycles. The van der Waals surface area contributed by atoms with Gasteiger partial charge in [-0.05, 0) is 23.5 Å². The molecular formula is C13H18O. The third kappa shape index (κ3) is 3.00. The molecule has 1 unspecified atom stereocenters. The zero-order chi connectivity index (χ0) is 10.4. The molecule has 1 atom stereocenters. The van der Waals surface area contributed by atoms with Crippen LogP contribution in [0.4, 0.5) is 0 Å². The molecule has 1 aromatic rings. The first-order valence-corrected chi connectivity index (χ1v) is 5.12. The predicted molar refractivity (Wildman–Crippen MR) is 61.0 cm³/mol. The second-order valence-corrected chi connectivity index (χ2v) is 3.63. The Bertz CT molecular complexity index is 273. The predicted octanol–water partition coefficient (Wildman–Crippen LogP) is 3.11. The van der Waals surface area contributed by atoms with Crippen LogP contribution in [-0.2, 0) is 0 Å². The molecule has 76 valence electrons. The van der Waals surface area contributed by atoms with Crippen molar-refractivity contribution in [3.63, 3.8) is 0 Å². The summed E-state index contributed by atoms with van der Waals surface area (Å²) in [5, 5.41) is 9.08. The van der Waals surface area contributed by atoms with Gasteiger partial charge >= 0.3 is 0 Å². The maximum Gasteiger partial charge on any atom is 0.0462 e. The van der Waals surface area contributed by atoms with E-state index < -0.39 is 0 Å². The topological polar surface area (TPSA) is 20.2 Å². The summed E-state index contributed by atoms with van der Waals surface area (Å²) < 4.78 is 0. The maximum absolute atomic E-state index is 9.08. The summed E-state index contributed by atoms with van der Waals surface area (Å²) in [5.41, 5.74) is 2.30. The monoisotopic (exact) mass is 190 g/mol. The smallest absolute Gasteiger partial charge is 0.0462 e. The fourth-order valence-corrected chi connectivity index (χ4v) is 1.48. The molecule has 0 spiro atoms. The number of benzene rings is 1. The van der Waals surface area contributed by atoms with Gasteiger partial charge in [-0.2, -0.15) is 0 Å². The van der Waals surface area contributed by atoms with E-state index in [2.05, 4.69) is 25.6 Å². The highest BCUT2D eigenvalue weighted by atomic mass is 16.3. The van der Waals surface area contributed by atoms with Crippen molar-refractivity contribution >= 4 is 5.57 Å². The second-order valence-electron chi connectivity index (χ2n) is 3.63. The van der Waals surface area contributed by atoms with E-state index in [4.69, 9.17) is 5.11 Å². The molecule has 1 N–H and O–H groups in total. The minimum Gasteiger partial charge on any atom is -0.396 e. The minimum atomic E-state index is 0.252. The molecule has 0 saturated carbocycles. The molecule has 0 radical (unpaired) electrons. The van der Waals surface area contributed by atoms with Crippen molar-refractivity contribution in [2.75, 3.05) is 6.61 Å². The average Bonchev–Trinajstić information content (AvgIpc) is 2.26. The summed E-state index contributed by atoms with van der Waals surface area (Å²) in [5.74, 6) is 0.350. The fraction of sp³-hybridized carbons (Fsp3) is 0.385. The number of aliphatic hydroxyl groups excluding tert-OH is 1. The van der Waals surface area contributed by atoms with Crippen LogP contribution in [0.2, 0.25) is 0 Å². The Morgan fingerprint density at radius 2 is 2.00 bits per heavy atom. The quantitative estimate of drug-likeness (QED) is 0.756. The van der Waals surface area contributed by atoms with Crippen LogP contribution in [0.25, 0.3) is 5.57 Å². The normalized spacial score (nSPS) is 12.4. The van der Waals surface area contributed by atoms with Crippen LogP contribution in [0.3, 0.4) is 0 Å². The molecule has 1 heteroatoms. The van der Waals surface area contributed by atoms with Crippen LogP contribution in [0.1, 0.15) is 25.3 Å². The zero-order valence-corrected chi connectivity index (χ0v) is 8.74. The van der Waals surface area contributed by atoms with Crippen LogP contribution in [0.15, 0.2) is 36.9 Å². The van der Waals surface area contributed by atoms with E-state index >= 15 is 0 Å². The van der Waals surface area contributed by atoms with E-state index in [0.717, 1.165) is 18.4 Å². The first kappa shape index (κ1) is 11.0. The molecule has 1 rings (SSSR count). The Morgan fingerprint density at radius 3 is 2.50 bits per heavy atom. The van der Waals surface area contributed by atoms with Crippen molar-refractivity contribution in [1.29, 1.82) is 0 Å². The van der Waals surface area contributed by atoms with Crippen molar-refractivity contribution in [2.24, 2.45) is 5.92 Å². The SMILES string of the molecule is C=C(CC(CC)CO)c1ccccc1. The van der Waals surface area contributed by atoms with E-state index in [-0.39, 0.29) is 6.61 Å². The summed E-state index contributed by atoms with van der Waals surface area (Å²) >= 11 is 0. The third-order valence-corrected chi connectivity index (χ3v) is 2.55. The first-order chi connectivity index (χ1) is 6.77. The maximum atomic E-state index is 9.08. The molecule has 0 fully saturated rings. The molecule has 0 saturated heterocycles. The highest BCUT2D eigenvalue weighted by Gasteiger charge is 2.07. The van der Waals surface area contributed by atoms with Gasteiger partial charge in [-0.1, -0.05) is 50.3 Å². The molecule has 0 bridgehead atoms. The Labute approximate surface area is 86.1 Å². The van der Waals surface area contributed by atoms with Gasteiger partial charge in [-0.3, -0.25) is 0 Å². The van der Waals surface area contributed by atoms with Gasteiger partial charge in [0.1, 0.15) is 0 Å². The largest absolute Gasteiger partial charge is 0.396 e. The van der Waals surface area contributed by atoms with Gasteiger partial charge in [0.05, 0.1) is 0 Å². The van der Waals surface area contributed by atoms with E-state index in [0.29, 0.717) is 5.92 Å². The molecule has 14 heavy (non-hydrogen) atoms. The standard InChI is InChI=1S/C13H18O/c1-3-12(10-14)9-11(2)13-7-5-4-6-8-13/h4-8,12,14H,2-3,9-10H2,1H3. The van der Waals surface area contributed by atoms with E-state index in [1.807, 2.05) is 18.2 Å². The van der Waals surface area contributed by atoms with Crippen molar-refractivity contribution < 1.29 is 5.11 Å². The minimum absolute atomic E-state index is 0.252. The molecule has 0 aliphatic rings. The fourth-order valence-electron chi connectivity index (χ4n) is 1.48. The lowest BCUT2D eigenvalue weighted by atomic mass is 9.94. The lowest BCUT2D eigenvalue weighted by Gasteiger charge is -2.13. The van der Waals surface area contributed by atoms with Gasteiger partial charge in [0, 0.05) is 6.61 Å². The summed E-state index contributed by atoms with van der Waals surface area (Å²) in [6.07, 6.45) is 1.89. The molecule has 0 amide bonds. The average molecular weight is 190 g/mol. The van der Waals surface area contributed by atoms with Crippen LogP contribution >= 0.6 is 0 Å². The summed E-state index contributed by atoms with van der Waals surface area (Å²) in [4.78, 5) is 0. The zero-order valence-electron chi connectivity index (χ0n) is 8.74. The third-order valence-electron chi connectivity index (χ3n) is 2.55. The molecule has 0 heterocycles. The Kier molecular flexibility index (Phi) is 4.41. The van der Waals surface area contributed by atoms with Crippen molar-refractivity contribution in [3.05, 3.63) is 42.5 Å². The number of aliphatic hydroxyl groups is 1. The van der Waals surface area contributed by atoms with Crippen molar-refractivity contribution in [1.82, 2.24) is 0 Å². The van der Waals surface area contributed by atoms with Crippen molar-refractivity contribution in [3.8, 4) is 0 Å². The van der Waals surface area contributed by atoms with Crippen LogP contribution in [-0.4, -0.2) is 11.7 Å². The molecule has 0 aliphatic carbocycles. The number of rotatable bonds is 5. The van der Waals surface area contributed by atoms with E-state index in [1.54, 1.807) is 0 Å². The van der Waals surface area contributed by atoms with Gasteiger partial charge in [0.25, 0.3) is 0 Å². The molecule has 0 aromatic heterocycles. The number of hydrogen-bond acceptors (Lipinski definition) is 1. The number of hydrogen-bond donors (Lipinski definition) is 1. The Balaban J connectivity index is 2.59. The van der Waals surface area contributed by atoms with Gasteiger partial charge in [0.2, 0.25) is 0 Å². The van der Waals surface area contributed by atoms with Crippen molar-refractivity contribution in [2.45, 2.75) is 19.8 Å². The Morgan fingerprint density at radius 1 is 1.36 bits per heavy atom. The van der Waals surface area contributed by atoms with E-state index in [9.17, 15) is 0 Å². The van der Waals surface area contributed by atoms with Gasteiger partial charge < -0.3 is 5.11 Å². The highest BCUT2D eigenvalue weighted by molar-refractivity contribution is 5.63.